The quantitative estimate of drug-likeness (QED) is 0.114. The summed E-state index contributed by atoms with van der Waals surface area (Å²) >= 11 is 0. The van der Waals surface area contributed by atoms with E-state index in [1.807, 2.05) is 18.0 Å². The van der Waals surface area contributed by atoms with Crippen LogP contribution in [0.3, 0.4) is 0 Å². The second-order valence-corrected chi connectivity index (χ2v) is 11.8. The van der Waals surface area contributed by atoms with Gasteiger partial charge in [-0.05, 0) is 72.8 Å². The SMILES string of the molecule is COCCNCS([OH2+])([OH2+])c1cccc(Nc2nccc(N(C)c3ccc(NC(=O)Nc4ccc(OC(F)(F)F)cc4)cc3)n2)c1. The number of amides is 2. The van der Waals surface area contributed by atoms with Gasteiger partial charge in [0, 0.05) is 60.2 Å². The van der Waals surface area contributed by atoms with Gasteiger partial charge >= 0.3 is 12.4 Å². The zero-order valence-corrected chi connectivity index (χ0v) is 25.1. The minimum atomic E-state index is -4.80. The van der Waals surface area contributed by atoms with Crippen LogP contribution in [-0.2, 0) is 4.74 Å². The molecule has 240 valence electrons. The number of rotatable bonds is 13. The van der Waals surface area contributed by atoms with E-state index in [0.717, 1.165) is 17.8 Å². The Kier molecular flexibility index (Phi) is 11.0. The number of benzene rings is 3. The average molecular weight is 650 g/mol. The van der Waals surface area contributed by atoms with E-state index in [4.69, 9.17) is 13.8 Å². The summed E-state index contributed by atoms with van der Waals surface area (Å²) in [5.41, 5.74) is 2.20. The Labute approximate surface area is 259 Å². The van der Waals surface area contributed by atoms with E-state index in [1.165, 1.54) is 12.1 Å². The lowest BCUT2D eigenvalue weighted by Crippen LogP contribution is -2.24. The number of alkyl halides is 3. The Morgan fingerprint density at radius 2 is 1.62 bits per heavy atom. The van der Waals surface area contributed by atoms with E-state index in [9.17, 15) is 18.0 Å². The summed E-state index contributed by atoms with van der Waals surface area (Å²) < 4.78 is 62.9. The molecule has 0 aliphatic rings. The first kappa shape index (κ1) is 33.3. The van der Waals surface area contributed by atoms with Crippen molar-refractivity contribution >= 4 is 51.1 Å². The molecule has 12 nitrogen and oxygen atoms in total. The highest BCUT2D eigenvalue weighted by Gasteiger charge is 2.31. The number of carbonyl (C=O) groups excluding carboxylic acids is 1. The number of hydrogen-bond donors (Lipinski definition) is 4. The van der Waals surface area contributed by atoms with Gasteiger partial charge in [-0.15, -0.1) is 13.2 Å². The fourth-order valence-corrected chi connectivity index (χ4v) is 5.19. The van der Waals surface area contributed by atoms with E-state index < -0.39 is 28.7 Å². The largest absolute Gasteiger partial charge is 0.573 e. The molecule has 4 aromatic rings. The first-order valence-electron chi connectivity index (χ1n) is 13.4. The normalized spacial score (nSPS) is 11.9. The van der Waals surface area contributed by atoms with Crippen molar-refractivity contribution in [3.05, 3.63) is 85.1 Å². The van der Waals surface area contributed by atoms with Crippen LogP contribution in [0.4, 0.5) is 52.5 Å². The monoisotopic (exact) mass is 649 g/mol. The Morgan fingerprint density at radius 3 is 2.27 bits per heavy atom. The average Bonchev–Trinajstić information content (AvgIpc) is 3.00. The van der Waals surface area contributed by atoms with Gasteiger partial charge in [0.15, 0.2) is 5.88 Å². The van der Waals surface area contributed by atoms with Gasteiger partial charge in [0.25, 0.3) is 0 Å². The van der Waals surface area contributed by atoms with E-state index in [0.29, 0.717) is 41.2 Å². The molecular weight excluding hydrogens is 615 g/mol. The third-order valence-electron chi connectivity index (χ3n) is 6.14. The molecule has 3 aromatic carbocycles. The lowest BCUT2D eigenvalue weighted by atomic mass is 10.2. The van der Waals surface area contributed by atoms with Crippen molar-refractivity contribution in [3.8, 4) is 5.75 Å². The molecular formula is C29H34F3N7O5S+2. The van der Waals surface area contributed by atoms with Gasteiger partial charge in [-0.25, -0.2) is 9.78 Å². The minimum absolute atomic E-state index is 0.216. The predicted molar refractivity (Wildman–Crippen MR) is 170 cm³/mol. The standard InChI is InChI=1S/C29H32F3N7O5S/c1-39(23-10-6-20(7-11-23)36-28(40)37-21-8-12-24(13-9-21)44-29(30,31)32)26-14-15-34-27(38-26)35-22-4-3-5-25(18-22)45(41,42)19-33-16-17-43-2/h3-15,18,33,41-42H,16-17,19H2,1-2H3,(H,34,35,38)(H2,36,37,40)/p+2. The molecule has 0 atom stereocenters. The maximum Gasteiger partial charge on any atom is 0.573 e. The van der Waals surface area contributed by atoms with Crippen molar-refractivity contribution in [2.75, 3.05) is 54.0 Å². The van der Waals surface area contributed by atoms with Crippen molar-refractivity contribution in [2.45, 2.75) is 11.3 Å². The number of aromatic nitrogens is 2. The number of ether oxygens (including phenoxy) is 2. The third-order valence-corrected chi connectivity index (χ3v) is 7.83. The number of halogens is 3. The van der Waals surface area contributed by atoms with Crippen molar-refractivity contribution in [1.29, 1.82) is 0 Å². The fraction of sp³-hybridized carbons (Fsp3) is 0.207. The first-order chi connectivity index (χ1) is 21.4. The van der Waals surface area contributed by atoms with Crippen molar-refractivity contribution in [1.82, 2.24) is 15.3 Å². The molecule has 0 bridgehead atoms. The van der Waals surface area contributed by atoms with Gasteiger partial charge in [0.1, 0.15) is 16.5 Å². The summed E-state index contributed by atoms with van der Waals surface area (Å²) in [4.78, 5) is 23.7. The highest BCUT2D eigenvalue weighted by Crippen LogP contribution is 2.47. The molecule has 0 unspecified atom stereocenters. The van der Waals surface area contributed by atoms with E-state index >= 15 is 0 Å². The first-order valence-corrected chi connectivity index (χ1v) is 15.2. The molecule has 0 spiro atoms. The Balaban J connectivity index is 1.34. The topological polar surface area (TPSA) is 158 Å². The number of hydrogen-bond acceptors (Lipinski definition) is 8. The summed E-state index contributed by atoms with van der Waals surface area (Å²) in [6.45, 7) is 1.07. The second kappa shape index (κ2) is 14.9. The summed E-state index contributed by atoms with van der Waals surface area (Å²) in [6.07, 6.45) is -3.19. The van der Waals surface area contributed by atoms with Crippen molar-refractivity contribution in [2.24, 2.45) is 0 Å². The number of carbonyl (C=O) groups is 1. The number of methoxy groups -OCH3 is 1. The molecule has 8 N–H and O–H groups in total. The molecule has 0 saturated carbocycles. The van der Waals surface area contributed by atoms with Gasteiger partial charge < -0.3 is 30.3 Å². The molecule has 2 amide bonds. The molecule has 0 aliphatic heterocycles. The van der Waals surface area contributed by atoms with Crippen LogP contribution in [0.2, 0.25) is 0 Å². The Bertz CT molecular complexity index is 1560. The number of nitrogens with one attached hydrogen (secondary N) is 4. The Hall–Kier alpha value is -4.61. The van der Waals surface area contributed by atoms with Crippen LogP contribution in [0.5, 0.6) is 5.75 Å². The van der Waals surface area contributed by atoms with Gasteiger partial charge in [-0.3, -0.25) is 14.4 Å². The maximum absolute atomic E-state index is 12.4. The Morgan fingerprint density at radius 1 is 0.956 bits per heavy atom. The van der Waals surface area contributed by atoms with Gasteiger partial charge in [0.2, 0.25) is 5.95 Å². The smallest absolute Gasteiger partial charge is 0.406 e. The minimum Gasteiger partial charge on any atom is -0.406 e. The molecule has 45 heavy (non-hydrogen) atoms. The van der Waals surface area contributed by atoms with Gasteiger partial charge in [-0.2, -0.15) is 4.98 Å². The van der Waals surface area contributed by atoms with E-state index in [-0.39, 0.29) is 11.6 Å². The highest BCUT2D eigenvalue weighted by molar-refractivity contribution is 8.24. The van der Waals surface area contributed by atoms with Crippen LogP contribution >= 0.6 is 10.6 Å². The lowest BCUT2D eigenvalue weighted by molar-refractivity contribution is -0.274. The van der Waals surface area contributed by atoms with Crippen LogP contribution in [0.15, 0.2) is 90.0 Å². The van der Waals surface area contributed by atoms with Crippen LogP contribution in [0, 0.1) is 0 Å². The van der Waals surface area contributed by atoms with Crippen LogP contribution in [0.25, 0.3) is 0 Å². The molecule has 0 fully saturated rings. The van der Waals surface area contributed by atoms with Crippen molar-refractivity contribution < 1.29 is 36.5 Å². The molecule has 1 aromatic heterocycles. The summed E-state index contributed by atoms with van der Waals surface area (Å²) in [6, 6.07) is 20.0. The zero-order valence-electron chi connectivity index (χ0n) is 24.3. The fourth-order valence-electron chi connectivity index (χ4n) is 3.93. The maximum atomic E-state index is 12.4. The highest BCUT2D eigenvalue weighted by atomic mass is 32.3. The van der Waals surface area contributed by atoms with Crippen LogP contribution in [-0.4, -0.2) is 64.7 Å². The van der Waals surface area contributed by atoms with E-state index in [2.05, 4.69) is 36.0 Å². The summed E-state index contributed by atoms with van der Waals surface area (Å²) in [7, 11) is 0.849. The lowest BCUT2D eigenvalue weighted by Gasteiger charge is -2.24. The molecule has 0 radical (unpaired) electrons. The number of nitrogens with zero attached hydrogens (tertiary/aromatic N) is 3. The second-order valence-electron chi connectivity index (χ2n) is 9.52. The van der Waals surface area contributed by atoms with Crippen molar-refractivity contribution in [3.63, 3.8) is 0 Å². The summed E-state index contributed by atoms with van der Waals surface area (Å²) in [5, 5.41) is 11.5. The van der Waals surface area contributed by atoms with E-state index in [1.54, 1.807) is 61.8 Å². The van der Waals surface area contributed by atoms with Gasteiger partial charge in [-0.1, -0.05) is 6.07 Å². The molecule has 16 heteroatoms. The number of urea groups is 1. The predicted octanol–water partition coefficient (Wildman–Crippen LogP) is 5.17. The zero-order chi connectivity index (χ0) is 32.5. The molecule has 4 rings (SSSR count). The molecule has 0 saturated heterocycles. The summed E-state index contributed by atoms with van der Waals surface area (Å²) in [5.74, 6) is 0.742. The van der Waals surface area contributed by atoms with Gasteiger partial charge in [0.05, 0.1) is 6.61 Å². The molecule has 1 heterocycles. The molecule has 0 aliphatic carbocycles. The number of anilines is 6. The van der Waals surface area contributed by atoms with Crippen LogP contribution < -0.4 is 30.9 Å². The third kappa shape index (κ3) is 10.2. The van der Waals surface area contributed by atoms with Crippen LogP contribution in [0.1, 0.15) is 0 Å².